The molecular formula is C27H21N3O2. The van der Waals surface area contributed by atoms with Crippen LogP contribution < -0.4 is 10.1 Å². The van der Waals surface area contributed by atoms with Crippen LogP contribution in [-0.2, 0) is 4.79 Å². The van der Waals surface area contributed by atoms with E-state index in [0.717, 1.165) is 28.1 Å². The molecule has 1 amide bonds. The molecule has 1 unspecified atom stereocenters. The summed E-state index contributed by atoms with van der Waals surface area (Å²) in [5, 5.41) is 8.03. The molecule has 1 atom stereocenters. The highest BCUT2D eigenvalue weighted by Crippen LogP contribution is 2.44. The van der Waals surface area contributed by atoms with Crippen LogP contribution in [0.4, 0.5) is 5.82 Å². The number of carbonyl (C=O) groups is 1. The molecule has 0 aliphatic carbocycles. The summed E-state index contributed by atoms with van der Waals surface area (Å²) in [6.45, 7) is 0.220. The highest BCUT2D eigenvalue weighted by Gasteiger charge is 2.34. The molecule has 4 aromatic rings. The lowest BCUT2D eigenvalue weighted by molar-refractivity contribution is -0.116. The molecule has 5 nitrogen and oxygen atoms in total. The first-order valence-corrected chi connectivity index (χ1v) is 10.4. The fourth-order valence-electron chi connectivity index (χ4n) is 4.12. The Kier molecular flexibility index (Phi) is 5.19. The van der Waals surface area contributed by atoms with Crippen LogP contribution in [0.5, 0.6) is 5.75 Å². The van der Waals surface area contributed by atoms with Gasteiger partial charge in [-0.2, -0.15) is 5.10 Å². The van der Waals surface area contributed by atoms with E-state index in [1.54, 1.807) is 0 Å². The zero-order valence-corrected chi connectivity index (χ0v) is 17.4. The number of ether oxygens (including phenoxy) is 1. The molecule has 1 N–H and O–H groups in total. The van der Waals surface area contributed by atoms with Gasteiger partial charge in [0, 0.05) is 23.5 Å². The van der Waals surface area contributed by atoms with E-state index < -0.39 is 0 Å². The number of fused-ring (bicyclic) bond motifs is 1. The first-order valence-electron chi connectivity index (χ1n) is 10.4. The molecule has 1 aromatic heterocycles. The summed E-state index contributed by atoms with van der Waals surface area (Å²) in [6, 6.07) is 27.7. The maximum atomic E-state index is 12.7. The van der Waals surface area contributed by atoms with Crippen molar-refractivity contribution in [2.75, 3.05) is 11.9 Å². The highest BCUT2D eigenvalue weighted by molar-refractivity contribution is 5.96. The maximum Gasteiger partial charge on any atom is 0.226 e. The fourth-order valence-corrected chi connectivity index (χ4v) is 4.12. The van der Waals surface area contributed by atoms with Gasteiger partial charge in [-0.25, -0.2) is 4.68 Å². The molecule has 32 heavy (non-hydrogen) atoms. The number of amides is 1. The van der Waals surface area contributed by atoms with Crippen molar-refractivity contribution in [3.8, 4) is 35.0 Å². The molecule has 3 aromatic carbocycles. The smallest absolute Gasteiger partial charge is 0.226 e. The van der Waals surface area contributed by atoms with Crippen molar-refractivity contribution < 1.29 is 9.53 Å². The van der Waals surface area contributed by atoms with Gasteiger partial charge >= 0.3 is 0 Å². The first-order chi connectivity index (χ1) is 15.7. The minimum Gasteiger partial charge on any atom is -0.481 e. The van der Waals surface area contributed by atoms with Gasteiger partial charge in [0.15, 0.2) is 0 Å². The van der Waals surface area contributed by atoms with Gasteiger partial charge in [-0.3, -0.25) is 4.79 Å². The number of para-hydroxylation sites is 1. The predicted octanol–water partition coefficient (Wildman–Crippen LogP) is 5.03. The lowest BCUT2D eigenvalue weighted by atomic mass is 9.84. The number of nitrogens with zero attached hydrogens (tertiary/aromatic N) is 2. The Morgan fingerprint density at radius 3 is 2.38 bits per heavy atom. The largest absolute Gasteiger partial charge is 0.481 e. The van der Waals surface area contributed by atoms with Crippen molar-refractivity contribution >= 4 is 11.7 Å². The second kappa shape index (κ2) is 8.44. The van der Waals surface area contributed by atoms with Crippen molar-refractivity contribution in [2.45, 2.75) is 12.3 Å². The van der Waals surface area contributed by atoms with Gasteiger partial charge in [-0.05, 0) is 29.8 Å². The van der Waals surface area contributed by atoms with Crippen molar-refractivity contribution in [1.82, 2.24) is 9.78 Å². The average Bonchev–Trinajstić information content (AvgIpc) is 3.23. The van der Waals surface area contributed by atoms with Crippen molar-refractivity contribution in [3.63, 3.8) is 0 Å². The normalized spacial score (nSPS) is 14.8. The van der Waals surface area contributed by atoms with E-state index in [1.807, 2.05) is 89.6 Å². The predicted molar refractivity (Wildman–Crippen MR) is 125 cm³/mol. The Morgan fingerprint density at radius 2 is 1.69 bits per heavy atom. The van der Waals surface area contributed by atoms with Gasteiger partial charge in [0.2, 0.25) is 5.91 Å². The number of benzene rings is 3. The molecule has 0 radical (unpaired) electrons. The summed E-state index contributed by atoms with van der Waals surface area (Å²) in [6.07, 6.45) is 5.63. The lowest BCUT2D eigenvalue weighted by Gasteiger charge is -2.25. The van der Waals surface area contributed by atoms with E-state index in [0.29, 0.717) is 18.0 Å². The Bertz CT molecular complexity index is 1290. The number of hydrogen-bond acceptors (Lipinski definition) is 3. The number of terminal acetylenes is 1. The average molecular weight is 419 g/mol. The third kappa shape index (κ3) is 3.63. The van der Waals surface area contributed by atoms with Crippen LogP contribution in [0.1, 0.15) is 23.5 Å². The molecule has 156 valence electrons. The second-order valence-corrected chi connectivity index (χ2v) is 7.59. The molecule has 1 aliphatic heterocycles. The van der Waals surface area contributed by atoms with Crippen LogP contribution in [0.25, 0.3) is 16.9 Å². The summed E-state index contributed by atoms with van der Waals surface area (Å²) in [5.74, 6) is 3.72. The zero-order valence-electron chi connectivity index (χ0n) is 17.4. The molecule has 1 aliphatic rings. The van der Waals surface area contributed by atoms with E-state index in [9.17, 15) is 4.79 Å². The molecule has 2 heterocycles. The SMILES string of the molecule is C#CCOc1ccc(C2CC(=O)Nc3c2c(-c2ccccc2)nn3-c2ccccc2)cc1. The lowest BCUT2D eigenvalue weighted by Crippen LogP contribution is -2.24. The Morgan fingerprint density at radius 1 is 1.00 bits per heavy atom. The molecule has 5 heteroatoms. The van der Waals surface area contributed by atoms with Gasteiger partial charge in [0.05, 0.1) is 11.4 Å². The van der Waals surface area contributed by atoms with Crippen molar-refractivity contribution in [3.05, 3.63) is 96.1 Å². The number of rotatable bonds is 5. The van der Waals surface area contributed by atoms with Gasteiger partial charge in [0.1, 0.15) is 18.2 Å². The van der Waals surface area contributed by atoms with Crippen LogP contribution in [0.15, 0.2) is 84.9 Å². The monoisotopic (exact) mass is 419 g/mol. The fraction of sp³-hybridized carbons (Fsp3) is 0.111. The van der Waals surface area contributed by atoms with Crippen LogP contribution in [0, 0.1) is 12.3 Å². The van der Waals surface area contributed by atoms with Gasteiger partial charge < -0.3 is 10.1 Å². The highest BCUT2D eigenvalue weighted by atomic mass is 16.5. The van der Waals surface area contributed by atoms with E-state index >= 15 is 0 Å². The number of aromatic nitrogens is 2. The zero-order chi connectivity index (χ0) is 21.9. The molecule has 0 saturated heterocycles. The summed E-state index contributed by atoms with van der Waals surface area (Å²) in [7, 11) is 0. The van der Waals surface area contributed by atoms with Crippen LogP contribution in [0.2, 0.25) is 0 Å². The Hall–Kier alpha value is -4.30. The third-order valence-electron chi connectivity index (χ3n) is 5.57. The number of carbonyl (C=O) groups excluding carboxylic acids is 1. The summed E-state index contributed by atoms with van der Waals surface area (Å²) in [5.41, 5.74) is 4.80. The minimum atomic E-state index is -0.131. The number of anilines is 1. The topological polar surface area (TPSA) is 56.1 Å². The van der Waals surface area contributed by atoms with Crippen molar-refractivity contribution in [1.29, 1.82) is 0 Å². The van der Waals surface area contributed by atoms with Gasteiger partial charge in [-0.15, -0.1) is 6.42 Å². The molecule has 0 saturated carbocycles. The van der Waals surface area contributed by atoms with Crippen LogP contribution >= 0.6 is 0 Å². The first kappa shape index (κ1) is 19.7. The third-order valence-corrected chi connectivity index (χ3v) is 5.57. The molecule has 0 spiro atoms. The number of nitrogens with one attached hydrogen (secondary N) is 1. The van der Waals surface area contributed by atoms with E-state index in [-0.39, 0.29) is 18.4 Å². The van der Waals surface area contributed by atoms with E-state index in [2.05, 4.69) is 11.2 Å². The maximum absolute atomic E-state index is 12.7. The summed E-state index contributed by atoms with van der Waals surface area (Å²) in [4.78, 5) is 12.7. The standard InChI is InChI=1S/C27H21N3O2/c1-2-17-32-22-15-13-19(14-16-22)23-18-24(31)28-27-25(23)26(20-9-5-3-6-10-20)29-30(27)21-11-7-4-8-12-21/h1,3-16,23H,17-18H2,(H,28,31). The van der Waals surface area contributed by atoms with E-state index in [4.69, 9.17) is 16.3 Å². The molecule has 0 fully saturated rings. The Labute approximate surface area is 186 Å². The molecular weight excluding hydrogens is 398 g/mol. The quantitative estimate of drug-likeness (QED) is 0.462. The molecule has 0 bridgehead atoms. The van der Waals surface area contributed by atoms with Gasteiger partial charge in [0.25, 0.3) is 0 Å². The second-order valence-electron chi connectivity index (χ2n) is 7.59. The molecule has 5 rings (SSSR count). The summed E-state index contributed by atoms with van der Waals surface area (Å²) < 4.78 is 7.34. The summed E-state index contributed by atoms with van der Waals surface area (Å²) >= 11 is 0. The van der Waals surface area contributed by atoms with E-state index in [1.165, 1.54) is 0 Å². The Balaban J connectivity index is 1.67. The van der Waals surface area contributed by atoms with Gasteiger partial charge in [-0.1, -0.05) is 66.6 Å². The van der Waals surface area contributed by atoms with Crippen LogP contribution in [-0.4, -0.2) is 22.3 Å². The van der Waals surface area contributed by atoms with Crippen molar-refractivity contribution in [2.24, 2.45) is 0 Å². The minimum absolute atomic E-state index is 0.0353. The van der Waals surface area contributed by atoms with Crippen LogP contribution in [0.3, 0.4) is 0 Å². The number of hydrogen-bond donors (Lipinski definition) is 1.